The number of aromatic nitrogens is 3. The number of phenolic OH excluding ortho intramolecular Hbond substituents is 1. The molecular weight excluding hydrogens is 430 g/mol. The summed E-state index contributed by atoms with van der Waals surface area (Å²) in [5, 5.41) is 13.6. The van der Waals surface area contributed by atoms with Gasteiger partial charge in [-0.05, 0) is 68.7 Å². The molecule has 0 aliphatic carbocycles. The zero-order valence-electron chi connectivity index (χ0n) is 18.1. The predicted octanol–water partition coefficient (Wildman–Crippen LogP) is 2.72. The summed E-state index contributed by atoms with van der Waals surface area (Å²) >= 11 is 0. The molecule has 1 aromatic carbocycles. The molecule has 1 atom stereocenters. The van der Waals surface area contributed by atoms with Crippen LogP contribution in [0.15, 0.2) is 59.8 Å². The maximum absolute atomic E-state index is 13.1. The van der Waals surface area contributed by atoms with E-state index in [4.69, 9.17) is 4.98 Å². The van der Waals surface area contributed by atoms with E-state index in [9.17, 15) is 18.3 Å². The highest BCUT2D eigenvalue weighted by atomic mass is 32.2. The average molecular weight is 456 g/mol. The monoisotopic (exact) mass is 455 g/mol. The van der Waals surface area contributed by atoms with Gasteiger partial charge in [-0.1, -0.05) is 6.92 Å². The molecule has 3 aromatic rings. The summed E-state index contributed by atoms with van der Waals surface area (Å²) in [6.45, 7) is 6.98. The number of nitrogens with one attached hydrogen (secondary N) is 1. The fraction of sp³-hybridized carbons (Fsp3) is 0.318. The van der Waals surface area contributed by atoms with Crippen molar-refractivity contribution in [2.45, 2.75) is 37.6 Å². The Morgan fingerprint density at radius 3 is 2.50 bits per heavy atom. The van der Waals surface area contributed by atoms with E-state index in [2.05, 4.69) is 30.6 Å². The van der Waals surface area contributed by atoms with Crippen LogP contribution in [0, 0.1) is 5.92 Å². The van der Waals surface area contributed by atoms with Gasteiger partial charge in [-0.2, -0.15) is 5.10 Å². The van der Waals surface area contributed by atoms with Crippen LogP contribution in [0.2, 0.25) is 0 Å². The molecule has 32 heavy (non-hydrogen) atoms. The number of carbonyl (C=O) groups is 1. The zero-order valence-corrected chi connectivity index (χ0v) is 18.9. The molecule has 2 N–H and O–H groups in total. The number of benzene rings is 1. The summed E-state index contributed by atoms with van der Waals surface area (Å²) < 4.78 is 29.2. The molecule has 0 saturated carbocycles. The summed E-state index contributed by atoms with van der Waals surface area (Å²) in [4.78, 5) is 19.8. The number of sulfonamides is 1. The highest BCUT2D eigenvalue weighted by molar-refractivity contribution is 7.90. The number of anilines is 1. The Bertz CT molecular complexity index is 1240. The standard InChI is InChI=1S/C22H25N5O4S/c1-15-13-22(2,3)26(14-15)20-18(9-10-19(24-20)27-12-4-11-23-27)21(29)25-32(30,31)17-7-5-16(28)6-8-17/h4-12,15,28H,13-14H2,1-3H3,(H,25,29)/t15-/m0/s1. The number of amides is 1. The molecular formula is C22H25N5O4S. The minimum atomic E-state index is -4.13. The molecule has 1 aliphatic heterocycles. The van der Waals surface area contributed by atoms with E-state index < -0.39 is 15.9 Å². The number of nitrogens with zero attached hydrogens (tertiary/aromatic N) is 4. The Hall–Kier alpha value is -3.40. The number of pyridine rings is 1. The molecule has 10 heteroatoms. The number of hydrogen-bond acceptors (Lipinski definition) is 7. The number of hydrogen-bond donors (Lipinski definition) is 2. The molecule has 4 rings (SSSR count). The van der Waals surface area contributed by atoms with Crippen LogP contribution in [0.25, 0.3) is 5.82 Å². The van der Waals surface area contributed by atoms with Crippen molar-refractivity contribution in [2.75, 3.05) is 11.4 Å². The van der Waals surface area contributed by atoms with Crippen LogP contribution in [0.5, 0.6) is 5.75 Å². The number of phenols is 1. The smallest absolute Gasteiger partial charge is 0.268 e. The van der Waals surface area contributed by atoms with Crippen molar-refractivity contribution in [3.8, 4) is 11.6 Å². The fourth-order valence-electron chi connectivity index (χ4n) is 4.17. The van der Waals surface area contributed by atoms with Crippen LogP contribution >= 0.6 is 0 Å². The molecule has 0 bridgehead atoms. The quantitative estimate of drug-likeness (QED) is 0.607. The molecule has 0 radical (unpaired) electrons. The van der Waals surface area contributed by atoms with Gasteiger partial charge in [-0.3, -0.25) is 4.79 Å². The van der Waals surface area contributed by atoms with Crippen LogP contribution in [0.1, 0.15) is 37.6 Å². The van der Waals surface area contributed by atoms with Gasteiger partial charge in [0, 0.05) is 24.5 Å². The molecule has 9 nitrogen and oxygen atoms in total. The van der Waals surface area contributed by atoms with Gasteiger partial charge in [-0.15, -0.1) is 0 Å². The van der Waals surface area contributed by atoms with Crippen molar-refractivity contribution in [3.63, 3.8) is 0 Å². The van der Waals surface area contributed by atoms with Gasteiger partial charge in [-0.25, -0.2) is 22.8 Å². The minimum absolute atomic E-state index is 0.0682. The molecule has 3 heterocycles. The maximum Gasteiger partial charge on any atom is 0.268 e. The second-order valence-corrected chi connectivity index (χ2v) is 10.3. The third-order valence-corrected chi connectivity index (χ3v) is 6.89. The summed E-state index contributed by atoms with van der Waals surface area (Å²) in [6.07, 6.45) is 4.29. The lowest BCUT2D eigenvalue weighted by Gasteiger charge is -2.34. The first kappa shape index (κ1) is 21.8. The third-order valence-electron chi connectivity index (χ3n) is 5.55. The van der Waals surface area contributed by atoms with E-state index in [0.717, 1.165) is 6.42 Å². The highest BCUT2D eigenvalue weighted by Gasteiger charge is 2.39. The number of carbonyl (C=O) groups excluding carboxylic acids is 1. The lowest BCUT2D eigenvalue weighted by Crippen LogP contribution is -2.41. The van der Waals surface area contributed by atoms with Crippen LogP contribution in [0.4, 0.5) is 5.82 Å². The van der Waals surface area contributed by atoms with Crippen LogP contribution < -0.4 is 9.62 Å². The van der Waals surface area contributed by atoms with Crippen molar-refractivity contribution in [2.24, 2.45) is 5.92 Å². The Morgan fingerprint density at radius 2 is 1.91 bits per heavy atom. The highest BCUT2D eigenvalue weighted by Crippen LogP contribution is 2.37. The Kier molecular flexibility index (Phi) is 5.41. The number of rotatable bonds is 5. The molecule has 0 unspecified atom stereocenters. The van der Waals surface area contributed by atoms with Gasteiger partial charge < -0.3 is 10.0 Å². The summed E-state index contributed by atoms with van der Waals surface area (Å²) in [5.41, 5.74) is -0.106. The van der Waals surface area contributed by atoms with E-state index >= 15 is 0 Å². The third kappa shape index (κ3) is 4.18. The van der Waals surface area contributed by atoms with E-state index in [1.165, 1.54) is 24.3 Å². The molecule has 168 valence electrons. The summed E-state index contributed by atoms with van der Waals surface area (Å²) in [5.74, 6) is 0.477. The fourth-order valence-corrected chi connectivity index (χ4v) is 5.14. The van der Waals surface area contributed by atoms with Crippen LogP contribution in [0.3, 0.4) is 0 Å². The summed E-state index contributed by atoms with van der Waals surface area (Å²) in [6, 6.07) is 9.93. The van der Waals surface area contributed by atoms with Gasteiger partial charge in [0.2, 0.25) is 0 Å². The predicted molar refractivity (Wildman–Crippen MR) is 119 cm³/mol. The van der Waals surface area contributed by atoms with Gasteiger partial charge in [0.25, 0.3) is 15.9 Å². The first-order valence-electron chi connectivity index (χ1n) is 10.2. The topological polar surface area (TPSA) is 117 Å². The molecule has 1 aliphatic rings. The zero-order chi connectivity index (χ0) is 23.1. The van der Waals surface area contributed by atoms with Gasteiger partial charge in [0.1, 0.15) is 11.6 Å². The molecule has 1 saturated heterocycles. The summed E-state index contributed by atoms with van der Waals surface area (Å²) in [7, 11) is -4.13. The van der Waals surface area contributed by atoms with E-state index in [-0.39, 0.29) is 21.7 Å². The molecule has 0 spiro atoms. The SMILES string of the molecule is C[C@@H]1CN(c2nc(-n3cccn3)ccc2C(=O)NS(=O)(=O)c2ccc(O)cc2)C(C)(C)C1. The van der Waals surface area contributed by atoms with Crippen molar-refractivity contribution in [3.05, 3.63) is 60.4 Å². The van der Waals surface area contributed by atoms with Gasteiger partial charge in [0.15, 0.2) is 5.82 Å². The van der Waals surface area contributed by atoms with E-state index in [0.29, 0.717) is 24.1 Å². The van der Waals surface area contributed by atoms with Crippen molar-refractivity contribution in [1.29, 1.82) is 0 Å². The largest absolute Gasteiger partial charge is 0.508 e. The average Bonchev–Trinajstić information content (AvgIpc) is 3.34. The molecule has 1 fully saturated rings. The Balaban J connectivity index is 1.74. The van der Waals surface area contributed by atoms with Crippen molar-refractivity contribution >= 4 is 21.7 Å². The van der Waals surface area contributed by atoms with E-state index in [1.54, 1.807) is 35.3 Å². The number of aromatic hydroxyl groups is 1. The van der Waals surface area contributed by atoms with Crippen LogP contribution in [-0.2, 0) is 10.0 Å². The lowest BCUT2D eigenvalue weighted by atomic mass is 9.97. The second-order valence-electron chi connectivity index (χ2n) is 8.65. The van der Waals surface area contributed by atoms with Crippen LogP contribution in [-0.4, -0.2) is 46.3 Å². The molecule has 2 aromatic heterocycles. The first-order chi connectivity index (χ1) is 15.1. The van der Waals surface area contributed by atoms with E-state index in [1.807, 2.05) is 4.90 Å². The minimum Gasteiger partial charge on any atom is -0.508 e. The normalized spacial score (nSPS) is 18.0. The van der Waals surface area contributed by atoms with Gasteiger partial charge in [0.05, 0.1) is 10.5 Å². The van der Waals surface area contributed by atoms with Crippen molar-refractivity contribution in [1.82, 2.24) is 19.5 Å². The Morgan fingerprint density at radius 1 is 1.19 bits per heavy atom. The lowest BCUT2D eigenvalue weighted by molar-refractivity contribution is 0.0981. The van der Waals surface area contributed by atoms with Crippen molar-refractivity contribution < 1.29 is 18.3 Å². The first-order valence-corrected chi connectivity index (χ1v) is 11.7. The second kappa shape index (κ2) is 7.94. The Labute approximate surface area is 186 Å². The maximum atomic E-state index is 13.1. The molecule has 1 amide bonds. The van der Waals surface area contributed by atoms with Gasteiger partial charge >= 0.3 is 0 Å².